The molecule has 1 aromatic carbocycles. The van der Waals surface area contributed by atoms with E-state index in [1.807, 2.05) is 25.1 Å². The van der Waals surface area contributed by atoms with Crippen molar-refractivity contribution in [3.8, 4) is 0 Å². The summed E-state index contributed by atoms with van der Waals surface area (Å²) in [6.45, 7) is 21.9. The van der Waals surface area contributed by atoms with Gasteiger partial charge in [0.25, 0.3) is 0 Å². The Morgan fingerprint density at radius 3 is 2.00 bits per heavy atom. The highest BCUT2D eigenvalue weighted by Gasteiger charge is 2.40. The molecule has 0 spiro atoms. The van der Waals surface area contributed by atoms with Gasteiger partial charge in [-0.3, -0.25) is 0 Å². The zero-order valence-corrected chi connectivity index (χ0v) is 25.0. The average Bonchev–Trinajstić information content (AvgIpc) is 2.76. The predicted molar refractivity (Wildman–Crippen MR) is 146 cm³/mol. The average molecular weight is 497 g/mol. The molecule has 1 N–H and O–H groups in total. The number of hydrogen-bond acceptors (Lipinski definition) is 4. The molecule has 0 aliphatic heterocycles. The van der Waals surface area contributed by atoms with Crippen molar-refractivity contribution in [3.63, 3.8) is 0 Å². The molecule has 0 aromatic heterocycles. The molecule has 33 heavy (non-hydrogen) atoms. The highest BCUT2D eigenvalue weighted by atomic mass is 28.4. The lowest BCUT2D eigenvalue weighted by Crippen LogP contribution is -2.50. The second-order valence-electron chi connectivity index (χ2n) is 11.2. The van der Waals surface area contributed by atoms with Crippen LogP contribution in [0.4, 0.5) is 0 Å². The first-order valence-electron chi connectivity index (χ1n) is 13.0. The van der Waals surface area contributed by atoms with Gasteiger partial charge < -0.3 is 18.7 Å². The van der Waals surface area contributed by atoms with Crippen LogP contribution in [0.5, 0.6) is 0 Å². The zero-order chi connectivity index (χ0) is 25.2. The third-order valence-corrected chi connectivity index (χ3v) is 16.9. The van der Waals surface area contributed by atoms with Crippen LogP contribution < -0.4 is 0 Å². The number of ether oxygens (including phenoxy) is 1. The molecule has 0 aliphatic rings. The van der Waals surface area contributed by atoms with Crippen molar-refractivity contribution in [1.29, 1.82) is 0 Å². The summed E-state index contributed by atoms with van der Waals surface area (Å²) < 4.78 is 19.2. The largest absolute Gasteiger partial charge is 0.417 e. The lowest BCUT2D eigenvalue weighted by Gasteiger charge is -2.41. The highest BCUT2D eigenvalue weighted by molar-refractivity contribution is 6.74. The topological polar surface area (TPSA) is 47.9 Å². The van der Waals surface area contributed by atoms with Crippen LogP contribution in [0.25, 0.3) is 0 Å². The van der Waals surface area contributed by atoms with E-state index < -0.39 is 22.2 Å². The molecule has 4 nitrogen and oxygen atoms in total. The maximum Gasteiger partial charge on any atom is 0.192 e. The van der Waals surface area contributed by atoms with Gasteiger partial charge in [-0.1, -0.05) is 71.9 Å². The summed E-state index contributed by atoms with van der Waals surface area (Å²) in [6.07, 6.45) is 2.00. The Morgan fingerprint density at radius 1 is 0.909 bits per heavy atom. The van der Waals surface area contributed by atoms with Crippen molar-refractivity contribution in [2.24, 2.45) is 0 Å². The molecule has 0 bridgehead atoms. The Balaban J connectivity index is 2.76. The monoisotopic (exact) mass is 496 g/mol. The summed E-state index contributed by atoms with van der Waals surface area (Å²) in [5.74, 6) is 0. The second kappa shape index (κ2) is 13.5. The lowest BCUT2D eigenvalue weighted by atomic mass is 9.92. The fraction of sp³-hybridized carbons (Fsp3) is 0.778. The first kappa shape index (κ1) is 30.5. The molecule has 192 valence electrons. The maximum absolute atomic E-state index is 11.5. The summed E-state index contributed by atoms with van der Waals surface area (Å²) in [5.41, 5.74) is 0.272. The van der Waals surface area contributed by atoms with Crippen LogP contribution >= 0.6 is 0 Å². The Hall–Kier alpha value is -0.506. The Labute approximate surface area is 206 Å². The van der Waals surface area contributed by atoms with Crippen LogP contribution in [0.3, 0.4) is 0 Å². The number of benzene rings is 1. The third-order valence-electron chi connectivity index (χ3n) is 7.75. The first-order valence-corrected chi connectivity index (χ1v) is 18.4. The molecule has 0 radical (unpaired) electrons. The number of rotatable bonds is 16. The van der Waals surface area contributed by atoms with Crippen molar-refractivity contribution < 1.29 is 18.7 Å². The molecule has 1 aromatic rings. The highest BCUT2D eigenvalue weighted by Crippen LogP contribution is 2.37. The van der Waals surface area contributed by atoms with Crippen LogP contribution in [0.15, 0.2) is 30.3 Å². The molecule has 0 fully saturated rings. The molecular formula is C27H52O4Si2. The Kier molecular flexibility index (Phi) is 12.5. The van der Waals surface area contributed by atoms with E-state index in [9.17, 15) is 5.11 Å². The van der Waals surface area contributed by atoms with Gasteiger partial charge in [0.1, 0.15) is 0 Å². The van der Waals surface area contributed by atoms with Gasteiger partial charge in [0.05, 0.1) is 18.3 Å². The molecule has 2 atom stereocenters. The van der Waals surface area contributed by atoms with Crippen LogP contribution in [0, 0.1) is 0 Å². The smallest absolute Gasteiger partial charge is 0.192 e. The lowest BCUT2D eigenvalue weighted by molar-refractivity contribution is -0.0742. The van der Waals surface area contributed by atoms with Gasteiger partial charge >= 0.3 is 0 Å². The molecule has 0 amide bonds. The predicted octanol–water partition coefficient (Wildman–Crippen LogP) is 7.54. The molecule has 0 unspecified atom stereocenters. The summed E-state index contributed by atoms with van der Waals surface area (Å²) in [6, 6.07) is 13.5. The number of hydrogen-bond donors (Lipinski definition) is 1. The van der Waals surface area contributed by atoms with E-state index in [0.717, 1.165) is 24.6 Å². The van der Waals surface area contributed by atoms with Gasteiger partial charge in [0.2, 0.25) is 0 Å². The van der Waals surface area contributed by atoms with Gasteiger partial charge in [-0.15, -0.1) is 0 Å². The van der Waals surface area contributed by atoms with E-state index in [4.69, 9.17) is 13.6 Å². The van der Waals surface area contributed by atoms with Gasteiger partial charge in [-0.2, -0.15) is 0 Å². The Morgan fingerprint density at radius 2 is 1.48 bits per heavy atom. The van der Waals surface area contributed by atoms with Crippen molar-refractivity contribution in [1.82, 2.24) is 0 Å². The third kappa shape index (κ3) is 9.94. The second-order valence-corrected chi connectivity index (χ2v) is 20.8. The summed E-state index contributed by atoms with van der Waals surface area (Å²) >= 11 is 0. The van der Waals surface area contributed by atoms with E-state index in [0.29, 0.717) is 32.7 Å². The summed E-state index contributed by atoms with van der Waals surface area (Å²) in [7, 11) is -3.62. The van der Waals surface area contributed by atoms with Crippen LogP contribution in [-0.4, -0.2) is 46.7 Å². The van der Waals surface area contributed by atoms with Crippen molar-refractivity contribution in [2.45, 2.75) is 122 Å². The minimum absolute atomic E-state index is 0.200. The van der Waals surface area contributed by atoms with Gasteiger partial charge in [0.15, 0.2) is 16.6 Å². The summed E-state index contributed by atoms with van der Waals surface area (Å²) in [4.78, 5) is 0. The Bertz CT molecular complexity index is 644. The molecule has 0 saturated carbocycles. The summed E-state index contributed by atoms with van der Waals surface area (Å²) in [5, 5.41) is 11.7. The van der Waals surface area contributed by atoms with E-state index in [2.05, 4.69) is 66.8 Å². The SMILES string of the molecule is CC[Si](CC)(CC)O[C@H](CCOCc1ccccc1)[C@](C)(O)CCCO[Si](C)(C)C(C)(C)C. The van der Waals surface area contributed by atoms with Crippen molar-refractivity contribution in [3.05, 3.63) is 35.9 Å². The fourth-order valence-electron chi connectivity index (χ4n) is 3.89. The zero-order valence-electron chi connectivity index (χ0n) is 23.0. The van der Waals surface area contributed by atoms with Crippen LogP contribution in [-0.2, 0) is 20.2 Å². The normalized spacial score (nSPS) is 15.9. The molecule has 0 heterocycles. The van der Waals surface area contributed by atoms with E-state index >= 15 is 0 Å². The van der Waals surface area contributed by atoms with Gasteiger partial charge in [-0.05, 0) is 68.0 Å². The van der Waals surface area contributed by atoms with Crippen molar-refractivity contribution in [2.75, 3.05) is 13.2 Å². The van der Waals surface area contributed by atoms with Crippen LogP contribution in [0.1, 0.15) is 73.3 Å². The first-order chi connectivity index (χ1) is 15.3. The molecule has 6 heteroatoms. The molecule has 1 rings (SSSR count). The van der Waals surface area contributed by atoms with E-state index in [1.165, 1.54) is 5.56 Å². The van der Waals surface area contributed by atoms with Gasteiger partial charge in [-0.25, -0.2) is 0 Å². The minimum Gasteiger partial charge on any atom is -0.417 e. The molecule has 0 saturated heterocycles. The minimum atomic E-state index is -1.86. The quantitative estimate of drug-likeness (QED) is 0.190. The fourth-order valence-corrected chi connectivity index (χ4v) is 7.95. The standard InChI is InChI=1S/C27H52O4Si2/c1-10-33(11-2,12-3)31-25(19-22-29-23-24-17-14-13-15-18-24)27(7,28)20-16-21-30-32(8,9)26(4,5)6/h13-15,17-18,25,28H,10-12,16,19-23H2,1-9H3/t25-,27-/m1/s1. The van der Waals surface area contributed by atoms with Crippen LogP contribution in [0.2, 0.25) is 36.3 Å². The maximum atomic E-state index is 11.5. The van der Waals surface area contributed by atoms with E-state index in [1.54, 1.807) is 0 Å². The molecule has 0 aliphatic carbocycles. The van der Waals surface area contributed by atoms with Gasteiger partial charge in [0, 0.05) is 13.2 Å². The van der Waals surface area contributed by atoms with E-state index in [-0.39, 0.29) is 11.1 Å². The van der Waals surface area contributed by atoms with Crippen molar-refractivity contribution >= 4 is 16.6 Å². The number of aliphatic hydroxyl groups is 1. The molecular weight excluding hydrogens is 444 g/mol.